The second-order valence-corrected chi connectivity index (χ2v) is 7.12. The summed E-state index contributed by atoms with van der Waals surface area (Å²) in [5.41, 5.74) is 2.17. The van der Waals surface area contributed by atoms with Crippen LogP contribution in [-0.4, -0.2) is 64.2 Å². The fraction of sp³-hybridized carbons (Fsp3) is 0.579. The standard InChI is InChI=1S/C19H26N6O/c1-2-8-25(7-1)19-21-6-4-18(23-19)13-24-9-10-26-14-16(12-24)11-17-3-5-20-15-22-17/h3-6,15-16H,1-2,7-14H2. The zero-order valence-corrected chi connectivity index (χ0v) is 15.1. The SMILES string of the molecule is c1cc(CC2COCCN(Cc3ccnc(N4CCCC4)n3)C2)ncn1. The highest BCUT2D eigenvalue weighted by Gasteiger charge is 2.21. The molecule has 2 saturated heterocycles. The van der Waals surface area contributed by atoms with E-state index in [9.17, 15) is 0 Å². The quantitative estimate of drug-likeness (QED) is 0.807. The molecule has 0 spiro atoms. The molecule has 1 atom stereocenters. The fourth-order valence-electron chi connectivity index (χ4n) is 3.73. The summed E-state index contributed by atoms with van der Waals surface area (Å²) >= 11 is 0. The van der Waals surface area contributed by atoms with Crippen molar-refractivity contribution in [3.63, 3.8) is 0 Å². The van der Waals surface area contributed by atoms with Crippen molar-refractivity contribution in [3.8, 4) is 0 Å². The van der Waals surface area contributed by atoms with Gasteiger partial charge in [-0.2, -0.15) is 0 Å². The van der Waals surface area contributed by atoms with Crippen molar-refractivity contribution >= 4 is 5.95 Å². The Labute approximate surface area is 154 Å². The summed E-state index contributed by atoms with van der Waals surface area (Å²) in [6.07, 6.45) is 8.71. The van der Waals surface area contributed by atoms with Crippen molar-refractivity contribution in [2.24, 2.45) is 5.92 Å². The molecular weight excluding hydrogens is 328 g/mol. The lowest BCUT2D eigenvalue weighted by atomic mass is 10.0. The van der Waals surface area contributed by atoms with E-state index in [0.29, 0.717) is 5.92 Å². The van der Waals surface area contributed by atoms with Gasteiger partial charge < -0.3 is 9.64 Å². The lowest BCUT2D eigenvalue weighted by Crippen LogP contribution is -2.31. The Hall–Kier alpha value is -2.12. The molecule has 1 unspecified atom stereocenters. The molecule has 7 nitrogen and oxygen atoms in total. The Morgan fingerprint density at radius 2 is 1.92 bits per heavy atom. The summed E-state index contributed by atoms with van der Waals surface area (Å²) < 4.78 is 5.83. The first-order valence-electron chi connectivity index (χ1n) is 9.49. The van der Waals surface area contributed by atoms with E-state index >= 15 is 0 Å². The number of aromatic nitrogens is 4. The van der Waals surface area contributed by atoms with Crippen molar-refractivity contribution in [2.75, 3.05) is 44.3 Å². The molecule has 0 aliphatic carbocycles. The van der Waals surface area contributed by atoms with Crippen molar-refractivity contribution < 1.29 is 4.74 Å². The van der Waals surface area contributed by atoms with Gasteiger partial charge in [0.2, 0.25) is 5.95 Å². The van der Waals surface area contributed by atoms with E-state index in [1.54, 1.807) is 12.5 Å². The largest absolute Gasteiger partial charge is 0.380 e. The lowest BCUT2D eigenvalue weighted by Gasteiger charge is -2.23. The zero-order valence-electron chi connectivity index (χ0n) is 15.1. The molecule has 2 aromatic heterocycles. The molecule has 138 valence electrons. The first-order chi connectivity index (χ1) is 12.9. The molecule has 26 heavy (non-hydrogen) atoms. The molecule has 2 aliphatic heterocycles. The van der Waals surface area contributed by atoms with Crippen LogP contribution >= 0.6 is 0 Å². The van der Waals surface area contributed by atoms with Crippen molar-refractivity contribution in [2.45, 2.75) is 25.8 Å². The van der Waals surface area contributed by atoms with Gasteiger partial charge in [0.1, 0.15) is 6.33 Å². The van der Waals surface area contributed by atoms with Crippen LogP contribution in [0.5, 0.6) is 0 Å². The van der Waals surface area contributed by atoms with Crippen LogP contribution < -0.4 is 4.90 Å². The fourth-order valence-corrected chi connectivity index (χ4v) is 3.73. The third-order valence-corrected chi connectivity index (χ3v) is 5.04. The van der Waals surface area contributed by atoms with E-state index in [2.05, 4.69) is 24.8 Å². The van der Waals surface area contributed by atoms with Gasteiger partial charge in [0.05, 0.1) is 18.9 Å². The molecule has 2 aliphatic rings. The lowest BCUT2D eigenvalue weighted by molar-refractivity contribution is 0.121. The van der Waals surface area contributed by atoms with Gasteiger partial charge in [-0.15, -0.1) is 0 Å². The molecule has 7 heteroatoms. The molecule has 0 amide bonds. The summed E-state index contributed by atoms with van der Waals surface area (Å²) in [7, 11) is 0. The van der Waals surface area contributed by atoms with Crippen LogP contribution in [-0.2, 0) is 17.7 Å². The van der Waals surface area contributed by atoms with E-state index in [1.165, 1.54) is 12.8 Å². The number of anilines is 1. The van der Waals surface area contributed by atoms with Crippen molar-refractivity contribution in [3.05, 3.63) is 42.2 Å². The number of hydrogen-bond acceptors (Lipinski definition) is 7. The van der Waals surface area contributed by atoms with E-state index < -0.39 is 0 Å². The first kappa shape index (κ1) is 17.3. The molecule has 4 heterocycles. The van der Waals surface area contributed by atoms with Gasteiger partial charge in [-0.3, -0.25) is 4.90 Å². The number of ether oxygens (including phenoxy) is 1. The van der Waals surface area contributed by atoms with Crippen LogP contribution in [0, 0.1) is 5.92 Å². The Kier molecular flexibility index (Phi) is 5.66. The number of rotatable bonds is 5. The van der Waals surface area contributed by atoms with E-state index in [-0.39, 0.29) is 0 Å². The molecule has 2 fully saturated rings. The third kappa shape index (κ3) is 4.53. The Morgan fingerprint density at radius 3 is 2.77 bits per heavy atom. The maximum Gasteiger partial charge on any atom is 0.225 e. The topological polar surface area (TPSA) is 67.3 Å². The third-order valence-electron chi connectivity index (χ3n) is 5.04. The Morgan fingerprint density at radius 1 is 1.04 bits per heavy atom. The van der Waals surface area contributed by atoms with E-state index in [1.807, 2.05) is 18.3 Å². The van der Waals surface area contributed by atoms with Gasteiger partial charge >= 0.3 is 0 Å². The highest BCUT2D eigenvalue weighted by molar-refractivity contribution is 5.31. The molecule has 0 N–H and O–H groups in total. The van der Waals surface area contributed by atoms with Gasteiger partial charge in [-0.1, -0.05) is 0 Å². The number of nitrogens with zero attached hydrogens (tertiary/aromatic N) is 6. The molecule has 0 bridgehead atoms. The molecule has 4 rings (SSSR count). The minimum atomic E-state index is 0.437. The monoisotopic (exact) mass is 354 g/mol. The summed E-state index contributed by atoms with van der Waals surface area (Å²) in [6.45, 7) is 6.46. The normalized spacial score (nSPS) is 21.7. The van der Waals surface area contributed by atoms with Crippen molar-refractivity contribution in [1.29, 1.82) is 0 Å². The van der Waals surface area contributed by atoms with Crippen LogP contribution in [0.1, 0.15) is 24.2 Å². The zero-order chi connectivity index (χ0) is 17.6. The molecule has 2 aromatic rings. The highest BCUT2D eigenvalue weighted by atomic mass is 16.5. The van der Waals surface area contributed by atoms with Gasteiger partial charge in [0, 0.05) is 56.7 Å². The molecule has 0 saturated carbocycles. The Balaban J connectivity index is 1.39. The minimum absolute atomic E-state index is 0.437. The molecular formula is C19H26N6O. The highest BCUT2D eigenvalue weighted by Crippen LogP contribution is 2.17. The average molecular weight is 354 g/mol. The van der Waals surface area contributed by atoms with E-state index in [4.69, 9.17) is 9.72 Å². The van der Waals surface area contributed by atoms with Crippen LogP contribution in [0.25, 0.3) is 0 Å². The smallest absolute Gasteiger partial charge is 0.225 e. The summed E-state index contributed by atoms with van der Waals surface area (Å²) in [5, 5.41) is 0. The maximum absolute atomic E-state index is 5.83. The summed E-state index contributed by atoms with van der Waals surface area (Å²) in [5.74, 6) is 1.32. The van der Waals surface area contributed by atoms with Gasteiger partial charge in [0.15, 0.2) is 0 Å². The van der Waals surface area contributed by atoms with Crippen LogP contribution in [0.3, 0.4) is 0 Å². The first-order valence-corrected chi connectivity index (χ1v) is 9.49. The molecule has 0 radical (unpaired) electrons. The van der Waals surface area contributed by atoms with Crippen LogP contribution in [0.2, 0.25) is 0 Å². The van der Waals surface area contributed by atoms with Crippen molar-refractivity contribution in [1.82, 2.24) is 24.8 Å². The minimum Gasteiger partial charge on any atom is -0.380 e. The van der Waals surface area contributed by atoms with Gasteiger partial charge in [-0.05, 0) is 31.4 Å². The predicted octanol–water partition coefficient (Wildman–Crippen LogP) is 1.56. The van der Waals surface area contributed by atoms with Gasteiger partial charge in [-0.25, -0.2) is 19.9 Å². The van der Waals surface area contributed by atoms with Crippen LogP contribution in [0.15, 0.2) is 30.9 Å². The summed E-state index contributed by atoms with van der Waals surface area (Å²) in [4.78, 5) is 22.3. The van der Waals surface area contributed by atoms with Crippen LogP contribution in [0.4, 0.5) is 5.95 Å². The second kappa shape index (κ2) is 8.51. The molecule has 0 aromatic carbocycles. The average Bonchev–Trinajstić information content (AvgIpc) is 3.12. The maximum atomic E-state index is 5.83. The predicted molar refractivity (Wildman–Crippen MR) is 98.8 cm³/mol. The summed E-state index contributed by atoms with van der Waals surface area (Å²) in [6, 6.07) is 4.02. The Bertz CT molecular complexity index is 691. The van der Waals surface area contributed by atoms with E-state index in [0.717, 1.165) is 69.7 Å². The van der Waals surface area contributed by atoms with Gasteiger partial charge in [0.25, 0.3) is 0 Å². The second-order valence-electron chi connectivity index (χ2n) is 7.12. The number of hydrogen-bond donors (Lipinski definition) is 0.